The van der Waals surface area contributed by atoms with Crippen molar-refractivity contribution in [1.29, 1.82) is 0 Å². The zero-order valence-corrected chi connectivity index (χ0v) is 13.2. The summed E-state index contributed by atoms with van der Waals surface area (Å²) in [5, 5.41) is 7.72. The molecule has 0 fully saturated rings. The summed E-state index contributed by atoms with van der Waals surface area (Å²) in [6, 6.07) is 7.50. The van der Waals surface area contributed by atoms with Crippen LogP contribution in [0.25, 0.3) is 0 Å². The first-order valence-electron chi connectivity index (χ1n) is 6.68. The van der Waals surface area contributed by atoms with Crippen LogP contribution in [0.2, 0.25) is 5.02 Å². The Morgan fingerprint density at radius 2 is 1.84 bits per heavy atom. The smallest absolute Gasteiger partial charge is 0.170 e. The zero-order valence-electron chi connectivity index (χ0n) is 11.6. The number of hydrogen-bond donors (Lipinski definition) is 2. The molecule has 5 heteroatoms. The van der Waals surface area contributed by atoms with E-state index in [4.69, 9.17) is 23.8 Å². The molecule has 1 aromatic rings. The lowest BCUT2D eigenvalue weighted by atomic mass is 10.3. The fraction of sp³-hybridized carbons (Fsp3) is 0.500. The molecule has 2 N–H and O–H groups in total. The van der Waals surface area contributed by atoms with E-state index in [0.29, 0.717) is 5.11 Å². The van der Waals surface area contributed by atoms with Gasteiger partial charge in [0.25, 0.3) is 0 Å². The van der Waals surface area contributed by atoms with Crippen molar-refractivity contribution < 1.29 is 0 Å². The van der Waals surface area contributed by atoms with Gasteiger partial charge in [-0.25, -0.2) is 0 Å². The monoisotopic (exact) mass is 299 g/mol. The SMILES string of the molecule is CCN(CC)CCCNC(=S)Nc1ccc(Cl)cc1. The molecule has 0 amide bonds. The summed E-state index contributed by atoms with van der Waals surface area (Å²) in [6.07, 6.45) is 1.09. The predicted molar refractivity (Wildman–Crippen MR) is 88.1 cm³/mol. The number of anilines is 1. The molecule has 0 radical (unpaired) electrons. The molecular weight excluding hydrogens is 278 g/mol. The van der Waals surface area contributed by atoms with Gasteiger partial charge in [0.05, 0.1) is 0 Å². The molecule has 0 aliphatic rings. The molecule has 0 bridgehead atoms. The van der Waals surface area contributed by atoms with Crippen molar-refractivity contribution >= 4 is 34.6 Å². The number of thiocarbonyl (C=S) groups is 1. The quantitative estimate of drug-likeness (QED) is 0.596. The summed E-state index contributed by atoms with van der Waals surface area (Å²) in [4.78, 5) is 2.40. The lowest BCUT2D eigenvalue weighted by Crippen LogP contribution is -2.32. The molecule has 0 aliphatic heterocycles. The van der Waals surface area contributed by atoms with E-state index in [-0.39, 0.29) is 0 Å². The number of halogens is 1. The number of hydrogen-bond acceptors (Lipinski definition) is 2. The molecule has 0 aromatic heterocycles. The number of benzene rings is 1. The minimum Gasteiger partial charge on any atom is -0.362 e. The van der Waals surface area contributed by atoms with Gasteiger partial charge >= 0.3 is 0 Å². The van der Waals surface area contributed by atoms with Crippen LogP contribution in [-0.2, 0) is 0 Å². The highest BCUT2D eigenvalue weighted by Crippen LogP contribution is 2.13. The second kappa shape index (κ2) is 9.13. The highest BCUT2D eigenvalue weighted by Gasteiger charge is 2.00. The Kier molecular flexibility index (Phi) is 7.79. The maximum Gasteiger partial charge on any atom is 0.170 e. The topological polar surface area (TPSA) is 27.3 Å². The van der Waals surface area contributed by atoms with Gasteiger partial charge in [0.2, 0.25) is 0 Å². The molecule has 0 atom stereocenters. The molecule has 0 unspecified atom stereocenters. The normalized spacial score (nSPS) is 10.5. The lowest BCUT2D eigenvalue weighted by Gasteiger charge is -2.18. The average molecular weight is 300 g/mol. The van der Waals surface area contributed by atoms with Crippen LogP contribution < -0.4 is 10.6 Å². The minimum absolute atomic E-state index is 0.655. The third-order valence-electron chi connectivity index (χ3n) is 2.93. The highest BCUT2D eigenvalue weighted by atomic mass is 35.5. The molecule has 0 saturated carbocycles. The van der Waals surface area contributed by atoms with Crippen LogP contribution in [0.3, 0.4) is 0 Å². The van der Waals surface area contributed by atoms with Gasteiger partial charge < -0.3 is 15.5 Å². The Labute approximate surface area is 126 Å². The van der Waals surface area contributed by atoms with Gasteiger partial charge in [-0.05, 0) is 62.5 Å². The molecule has 106 valence electrons. The fourth-order valence-corrected chi connectivity index (χ4v) is 2.10. The molecule has 0 saturated heterocycles. The lowest BCUT2D eigenvalue weighted by molar-refractivity contribution is 0.300. The first-order valence-corrected chi connectivity index (χ1v) is 7.47. The standard InChI is InChI=1S/C14H22ClN3S/c1-3-18(4-2)11-5-10-16-14(19)17-13-8-6-12(15)7-9-13/h6-9H,3-5,10-11H2,1-2H3,(H2,16,17,19). The zero-order chi connectivity index (χ0) is 14.1. The second-order valence-electron chi connectivity index (χ2n) is 4.27. The maximum atomic E-state index is 5.83. The molecule has 0 heterocycles. The van der Waals surface area contributed by atoms with E-state index in [2.05, 4.69) is 29.4 Å². The molecule has 1 rings (SSSR count). The molecule has 19 heavy (non-hydrogen) atoms. The van der Waals surface area contributed by atoms with Gasteiger partial charge in [0.15, 0.2) is 5.11 Å². The summed E-state index contributed by atoms with van der Waals surface area (Å²) in [7, 11) is 0. The van der Waals surface area contributed by atoms with E-state index >= 15 is 0 Å². The summed E-state index contributed by atoms with van der Waals surface area (Å²) in [5.41, 5.74) is 0.950. The summed E-state index contributed by atoms with van der Waals surface area (Å²) >= 11 is 11.1. The van der Waals surface area contributed by atoms with Crippen LogP contribution in [0, 0.1) is 0 Å². The minimum atomic E-state index is 0.655. The third-order valence-corrected chi connectivity index (χ3v) is 3.43. The van der Waals surface area contributed by atoms with Gasteiger partial charge in [-0.1, -0.05) is 25.4 Å². The van der Waals surface area contributed by atoms with Gasteiger partial charge in [0.1, 0.15) is 0 Å². The van der Waals surface area contributed by atoms with Crippen molar-refractivity contribution in [3.63, 3.8) is 0 Å². The van der Waals surface area contributed by atoms with Gasteiger partial charge in [-0.2, -0.15) is 0 Å². The largest absolute Gasteiger partial charge is 0.362 e. The first kappa shape index (κ1) is 16.2. The van der Waals surface area contributed by atoms with Crippen LogP contribution in [0.1, 0.15) is 20.3 Å². The molecule has 3 nitrogen and oxygen atoms in total. The average Bonchev–Trinajstić information content (AvgIpc) is 2.42. The molecular formula is C14H22ClN3S. The van der Waals surface area contributed by atoms with E-state index in [9.17, 15) is 0 Å². The first-order chi connectivity index (χ1) is 9.15. The van der Waals surface area contributed by atoms with E-state index in [0.717, 1.165) is 43.3 Å². The predicted octanol–water partition coefficient (Wildman–Crippen LogP) is 3.36. The van der Waals surface area contributed by atoms with Gasteiger partial charge in [0, 0.05) is 17.3 Å². The second-order valence-corrected chi connectivity index (χ2v) is 5.11. The van der Waals surface area contributed by atoms with Crippen LogP contribution in [0.5, 0.6) is 0 Å². The van der Waals surface area contributed by atoms with Crippen LogP contribution in [-0.4, -0.2) is 36.2 Å². The van der Waals surface area contributed by atoms with Crippen molar-refractivity contribution in [2.75, 3.05) is 31.5 Å². The van der Waals surface area contributed by atoms with Crippen LogP contribution >= 0.6 is 23.8 Å². The number of nitrogens with zero attached hydrogens (tertiary/aromatic N) is 1. The van der Waals surface area contributed by atoms with Crippen LogP contribution in [0.15, 0.2) is 24.3 Å². The van der Waals surface area contributed by atoms with Gasteiger partial charge in [-0.15, -0.1) is 0 Å². The maximum absolute atomic E-state index is 5.83. The van der Waals surface area contributed by atoms with Crippen molar-refractivity contribution in [3.8, 4) is 0 Å². The highest BCUT2D eigenvalue weighted by molar-refractivity contribution is 7.80. The van der Waals surface area contributed by atoms with Crippen molar-refractivity contribution in [3.05, 3.63) is 29.3 Å². The molecule has 0 aliphatic carbocycles. The number of nitrogens with one attached hydrogen (secondary N) is 2. The summed E-state index contributed by atoms with van der Waals surface area (Å²) in [6.45, 7) is 8.56. The summed E-state index contributed by atoms with van der Waals surface area (Å²) < 4.78 is 0. The third kappa shape index (κ3) is 6.76. The van der Waals surface area contributed by atoms with E-state index in [1.54, 1.807) is 0 Å². The Bertz CT molecular complexity index is 377. The van der Waals surface area contributed by atoms with E-state index in [1.807, 2.05) is 24.3 Å². The number of rotatable bonds is 7. The van der Waals surface area contributed by atoms with Crippen LogP contribution in [0.4, 0.5) is 5.69 Å². The van der Waals surface area contributed by atoms with Crippen molar-refractivity contribution in [2.24, 2.45) is 0 Å². The Morgan fingerprint density at radius 1 is 1.21 bits per heavy atom. The Hall–Kier alpha value is -0.840. The van der Waals surface area contributed by atoms with Crippen molar-refractivity contribution in [2.45, 2.75) is 20.3 Å². The fourth-order valence-electron chi connectivity index (χ4n) is 1.75. The molecule has 1 aromatic carbocycles. The van der Waals surface area contributed by atoms with E-state index in [1.165, 1.54) is 0 Å². The van der Waals surface area contributed by atoms with Crippen molar-refractivity contribution in [1.82, 2.24) is 10.2 Å². The summed E-state index contributed by atoms with van der Waals surface area (Å²) in [5.74, 6) is 0. The Morgan fingerprint density at radius 3 is 2.42 bits per heavy atom. The molecule has 0 spiro atoms. The van der Waals surface area contributed by atoms with Gasteiger partial charge in [-0.3, -0.25) is 0 Å². The van der Waals surface area contributed by atoms with E-state index < -0.39 is 0 Å². The Balaban J connectivity index is 2.19.